The van der Waals surface area contributed by atoms with Crippen molar-refractivity contribution in [2.75, 3.05) is 40.3 Å². The molecule has 0 saturated carbocycles. The van der Waals surface area contributed by atoms with E-state index in [1.54, 1.807) is 10.9 Å². The third-order valence-corrected chi connectivity index (χ3v) is 4.36. The molecule has 1 aliphatic rings. The summed E-state index contributed by atoms with van der Waals surface area (Å²) in [5.74, 6) is 0.00970. The van der Waals surface area contributed by atoms with Crippen LogP contribution in [0.5, 0.6) is 0 Å². The van der Waals surface area contributed by atoms with Crippen molar-refractivity contribution in [1.29, 1.82) is 0 Å². The summed E-state index contributed by atoms with van der Waals surface area (Å²) >= 11 is 0. The molecule has 1 unspecified atom stereocenters. The smallest absolute Gasteiger partial charge is 0.241 e. The monoisotopic (exact) mass is 301 g/mol. The average Bonchev–Trinajstić information content (AvgIpc) is 2.91. The Morgan fingerprint density at radius 1 is 1.32 bits per heavy atom. The average molecular weight is 301 g/mol. The highest BCUT2D eigenvalue weighted by atomic mass is 16.2. The molecular formula is C16H23N5O. The quantitative estimate of drug-likeness (QED) is 0.888. The minimum absolute atomic E-state index is 0.00970. The van der Waals surface area contributed by atoms with Gasteiger partial charge in [-0.1, -0.05) is 18.2 Å². The summed E-state index contributed by atoms with van der Waals surface area (Å²) < 4.78 is 1.75. The summed E-state index contributed by atoms with van der Waals surface area (Å²) in [4.78, 5) is 16.8. The molecule has 118 valence electrons. The highest BCUT2D eigenvalue weighted by Gasteiger charge is 2.22. The van der Waals surface area contributed by atoms with Gasteiger partial charge in [0, 0.05) is 37.6 Å². The van der Waals surface area contributed by atoms with Crippen molar-refractivity contribution in [3.05, 3.63) is 30.5 Å². The van der Waals surface area contributed by atoms with Crippen LogP contribution >= 0.6 is 0 Å². The second kappa shape index (κ2) is 6.46. The molecular weight excluding hydrogens is 278 g/mol. The van der Waals surface area contributed by atoms with E-state index in [0.717, 1.165) is 30.5 Å². The lowest BCUT2D eigenvalue weighted by Gasteiger charge is -2.37. The van der Waals surface area contributed by atoms with Crippen molar-refractivity contribution >= 4 is 16.8 Å². The second-order valence-corrected chi connectivity index (χ2v) is 6.06. The molecule has 1 amide bonds. The van der Waals surface area contributed by atoms with Crippen LogP contribution in [0, 0.1) is 0 Å². The third-order valence-electron chi connectivity index (χ3n) is 4.36. The van der Waals surface area contributed by atoms with Crippen molar-refractivity contribution in [1.82, 2.24) is 24.9 Å². The Labute approximate surface area is 130 Å². The molecule has 22 heavy (non-hydrogen) atoms. The van der Waals surface area contributed by atoms with Gasteiger partial charge in [0.25, 0.3) is 0 Å². The van der Waals surface area contributed by atoms with E-state index in [9.17, 15) is 4.79 Å². The van der Waals surface area contributed by atoms with E-state index in [4.69, 9.17) is 0 Å². The van der Waals surface area contributed by atoms with Gasteiger partial charge in [-0.15, -0.1) is 0 Å². The fraction of sp³-hybridized carbons (Fsp3) is 0.500. The van der Waals surface area contributed by atoms with Crippen LogP contribution in [0.2, 0.25) is 0 Å². The van der Waals surface area contributed by atoms with Gasteiger partial charge in [0.1, 0.15) is 6.54 Å². The maximum absolute atomic E-state index is 12.2. The lowest BCUT2D eigenvalue weighted by molar-refractivity contribution is -0.122. The van der Waals surface area contributed by atoms with Gasteiger partial charge < -0.3 is 10.2 Å². The highest BCUT2D eigenvalue weighted by Crippen LogP contribution is 2.12. The van der Waals surface area contributed by atoms with Gasteiger partial charge in [-0.05, 0) is 20.2 Å². The molecule has 2 heterocycles. The molecule has 0 bridgehead atoms. The standard InChI is InChI=1S/C16H23N5O/c1-19-7-8-20(2)14(11-19)10-17-16(22)12-21-15-6-4-3-5-13(15)9-18-21/h3-6,9,14H,7-8,10-12H2,1-2H3,(H,17,22). The van der Waals surface area contributed by atoms with Gasteiger partial charge in [0.05, 0.1) is 11.7 Å². The molecule has 0 aliphatic carbocycles. The summed E-state index contributed by atoms with van der Waals surface area (Å²) in [6.45, 7) is 4.06. The van der Waals surface area contributed by atoms with E-state index in [0.29, 0.717) is 12.6 Å². The zero-order valence-electron chi connectivity index (χ0n) is 13.2. The van der Waals surface area contributed by atoms with Crippen LogP contribution in [-0.2, 0) is 11.3 Å². The number of nitrogens with zero attached hydrogens (tertiary/aromatic N) is 4. The predicted molar refractivity (Wildman–Crippen MR) is 86.7 cm³/mol. The molecule has 2 aromatic rings. The van der Waals surface area contributed by atoms with E-state index < -0.39 is 0 Å². The third kappa shape index (κ3) is 3.28. The van der Waals surface area contributed by atoms with E-state index in [-0.39, 0.29) is 12.5 Å². The van der Waals surface area contributed by atoms with Gasteiger partial charge in [-0.3, -0.25) is 14.4 Å². The Kier molecular flexibility index (Phi) is 4.40. The lowest BCUT2D eigenvalue weighted by Crippen LogP contribution is -2.54. The van der Waals surface area contributed by atoms with Crippen molar-refractivity contribution in [2.45, 2.75) is 12.6 Å². The Morgan fingerprint density at radius 2 is 2.14 bits per heavy atom. The Hall–Kier alpha value is -1.92. The van der Waals surface area contributed by atoms with Crippen LogP contribution in [-0.4, -0.2) is 71.8 Å². The number of carbonyl (C=O) groups excluding carboxylic acids is 1. The first-order valence-corrected chi connectivity index (χ1v) is 7.69. The normalized spacial score (nSPS) is 20.4. The van der Waals surface area contributed by atoms with E-state index in [2.05, 4.69) is 34.3 Å². The van der Waals surface area contributed by atoms with Crippen LogP contribution in [0.3, 0.4) is 0 Å². The first-order chi connectivity index (χ1) is 10.6. The number of para-hydroxylation sites is 1. The molecule has 1 aromatic heterocycles. The van der Waals surface area contributed by atoms with Crippen molar-refractivity contribution in [2.24, 2.45) is 0 Å². The van der Waals surface area contributed by atoms with Crippen LogP contribution in [0.25, 0.3) is 10.9 Å². The molecule has 1 aromatic carbocycles. The SMILES string of the molecule is CN1CCN(C)C(CNC(=O)Cn2ncc3ccccc32)C1. The molecule has 0 radical (unpaired) electrons. The summed E-state index contributed by atoms with van der Waals surface area (Å²) in [6, 6.07) is 8.30. The Balaban J connectivity index is 1.56. The van der Waals surface area contributed by atoms with E-state index >= 15 is 0 Å². The molecule has 3 rings (SSSR count). The van der Waals surface area contributed by atoms with Gasteiger partial charge in [-0.2, -0.15) is 5.10 Å². The van der Waals surface area contributed by atoms with Gasteiger partial charge in [0.2, 0.25) is 5.91 Å². The van der Waals surface area contributed by atoms with Crippen molar-refractivity contribution < 1.29 is 4.79 Å². The largest absolute Gasteiger partial charge is 0.353 e. The predicted octanol–water partition coefficient (Wildman–Crippen LogP) is 0.398. The highest BCUT2D eigenvalue weighted by molar-refractivity contribution is 5.81. The lowest BCUT2D eigenvalue weighted by atomic mass is 10.2. The number of amides is 1. The number of benzene rings is 1. The number of hydrogen-bond acceptors (Lipinski definition) is 4. The first-order valence-electron chi connectivity index (χ1n) is 7.69. The van der Waals surface area contributed by atoms with Crippen LogP contribution in [0.15, 0.2) is 30.5 Å². The maximum atomic E-state index is 12.2. The van der Waals surface area contributed by atoms with Crippen LogP contribution in [0.4, 0.5) is 0 Å². The number of hydrogen-bond donors (Lipinski definition) is 1. The topological polar surface area (TPSA) is 53.4 Å². The number of likely N-dealkylation sites (N-methyl/N-ethyl adjacent to an activating group) is 2. The van der Waals surface area contributed by atoms with Crippen molar-refractivity contribution in [3.63, 3.8) is 0 Å². The number of carbonyl (C=O) groups is 1. The molecule has 1 saturated heterocycles. The maximum Gasteiger partial charge on any atom is 0.241 e. The number of aromatic nitrogens is 2. The number of piperazine rings is 1. The van der Waals surface area contributed by atoms with Crippen LogP contribution < -0.4 is 5.32 Å². The van der Waals surface area contributed by atoms with Gasteiger partial charge in [0.15, 0.2) is 0 Å². The Bertz CT molecular complexity index is 653. The summed E-state index contributed by atoms with van der Waals surface area (Å²) in [6.07, 6.45) is 1.80. The first kappa shape index (κ1) is 15.0. The molecule has 6 nitrogen and oxygen atoms in total. The van der Waals surface area contributed by atoms with Crippen molar-refractivity contribution in [3.8, 4) is 0 Å². The Morgan fingerprint density at radius 3 is 3.00 bits per heavy atom. The zero-order valence-corrected chi connectivity index (χ0v) is 13.2. The van der Waals surface area contributed by atoms with Gasteiger partial charge in [-0.25, -0.2) is 0 Å². The molecule has 6 heteroatoms. The molecule has 1 N–H and O–H groups in total. The van der Waals surface area contributed by atoms with E-state index in [1.165, 1.54) is 0 Å². The van der Waals surface area contributed by atoms with E-state index in [1.807, 2.05) is 24.3 Å². The fourth-order valence-corrected chi connectivity index (χ4v) is 2.90. The van der Waals surface area contributed by atoms with Gasteiger partial charge >= 0.3 is 0 Å². The molecule has 1 fully saturated rings. The number of fused-ring (bicyclic) bond motifs is 1. The minimum Gasteiger partial charge on any atom is -0.353 e. The number of rotatable bonds is 4. The summed E-state index contributed by atoms with van der Waals surface area (Å²) in [5.41, 5.74) is 0.993. The summed E-state index contributed by atoms with van der Waals surface area (Å²) in [5, 5.41) is 8.39. The minimum atomic E-state index is 0.00970. The van der Waals surface area contributed by atoms with Crippen LogP contribution in [0.1, 0.15) is 0 Å². The fourth-order valence-electron chi connectivity index (χ4n) is 2.90. The molecule has 1 aliphatic heterocycles. The summed E-state index contributed by atoms with van der Waals surface area (Å²) in [7, 11) is 4.24. The number of nitrogens with one attached hydrogen (secondary N) is 1. The zero-order chi connectivity index (χ0) is 15.5. The molecule has 0 spiro atoms. The second-order valence-electron chi connectivity index (χ2n) is 6.06. The molecule has 1 atom stereocenters.